The molecule has 0 aromatic carbocycles. The smallest absolute Gasteiger partial charge is 0.353 e. The van der Waals surface area contributed by atoms with Gasteiger partial charge < -0.3 is 5.11 Å². The van der Waals surface area contributed by atoms with Crippen molar-refractivity contribution in [2.75, 3.05) is 0 Å². The lowest BCUT2D eigenvalue weighted by atomic mass is 10.2. The zero-order chi connectivity index (χ0) is 10.8. The van der Waals surface area contributed by atoms with Crippen molar-refractivity contribution in [1.29, 1.82) is 0 Å². The molecule has 6 nitrogen and oxygen atoms in total. The van der Waals surface area contributed by atoms with Crippen LogP contribution in [0.4, 0.5) is 0 Å². The molecule has 0 aliphatic rings. The molecule has 0 fully saturated rings. The van der Waals surface area contributed by atoms with Gasteiger partial charge in [0.2, 0.25) is 0 Å². The van der Waals surface area contributed by atoms with Crippen molar-refractivity contribution in [2.24, 2.45) is 0 Å². The third-order valence-corrected chi connectivity index (χ3v) is 1.93. The van der Waals surface area contributed by atoms with E-state index in [4.69, 9.17) is 5.11 Å². The number of rotatable bonds is 2. The predicted molar refractivity (Wildman–Crippen MR) is 51.3 cm³/mol. The number of H-pyrrole nitrogens is 1. The fourth-order valence-corrected chi connectivity index (χ4v) is 1.21. The summed E-state index contributed by atoms with van der Waals surface area (Å²) >= 11 is 0. The number of carbonyl (C=O) groups is 1. The molecule has 0 saturated carbocycles. The molecule has 0 bridgehead atoms. The SMILES string of the molecule is Cc1nccnc1-c1cc(C(=O)O)[nH]n1. The van der Waals surface area contributed by atoms with Crippen LogP contribution in [-0.2, 0) is 0 Å². The summed E-state index contributed by atoms with van der Waals surface area (Å²) in [6, 6.07) is 1.43. The van der Waals surface area contributed by atoms with Crippen LogP contribution in [0.2, 0.25) is 0 Å². The highest BCUT2D eigenvalue weighted by Gasteiger charge is 2.11. The molecule has 2 heterocycles. The molecule has 0 unspecified atom stereocenters. The summed E-state index contributed by atoms with van der Waals surface area (Å²) < 4.78 is 0. The number of aromatic carboxylic acids is 1. The Hall–Kier alpha value is -2.24. The summed E-state index contributed by atoms with van der Waals surface area (Å²) in [7, 11) is 0. The van der Waals surface area contributed by atoms with Gasteiger partial charge in [0.25, 0.3) is 0 Å². The summed E-state index contributed by atoms with van der Waals surface area (Å²) in [5.41, 5.74) is 1.82. The molecule has 2 rings (SSSR count). The van der Waals surface area contributed by atoms with Crippen LogP contribution in [0.3, 0.4) is 0 Å². The van der Waals surface area contributed by atoms with E-state index in [9.17, 15) is 4.79 Å². The third kappa shape index (κ3) is 1.69. The molecule has 6 heteroatoms. The minimum absolute atomic E-state index is 0.0371. The molecule has 0 saturated heterocycles. The summed E-state index contributed by atoms with van der Waals surface area (Å²) in [4.78, 5) is 18.8. The predicted octanol–water partition coefficient (Wildman–Crippen LogP) is 0.873. The van der Waals surface area contributed by atoms with Crippen molar-refractivity contribution in [3.63, 3.8) is 0 Å². The van der Waals surface area contributed by atoms with Gasteiger partial charge in [-0.15, -0.1) is 0 Å². The van der Waals surface area contributed by atoms with E-state index in [1.807, 2.05) is 0 Å². The number of aryl methyl sites for hydroxylation is 1. The van der Waals surface area contributed by atoms with Gasteiger partial charge in [0, 0.05) is 18.5 Å². The molecular formula is C9H8N4O2. The maximum Gasteiger partial charge on any atom is 0.353 e. The zero-order valence-electron chi connectivity index (χ0n) is 7.93. The number of carboxylic acid groups (broad SMARTS) is 1. The lowest BCUT2D eigenvalue weighted by Crippen LogP contribution is -1.95. The number of hydrogen-bond donors (Lipinski definition) is 2. The fourth-order valence-electron chi connectivity index (χ4n) is 1.21. The first kappa shape index (κ1) is 9.32. The topological polar surface area (TPSA) is 91.8 Å². The molecule has 0 amide bonds. The van der Waals surface area contributed by atoms with E-state index in [1.165, 1.54) is 12.3 Å². The van der Waals surface area contributed by atoms with Crippen LogP contribution in [0, 0.1) is 6.92 Å². The van der Waals surface area contributed by atoms with Crippen molar-refractivity contribution in [2.45, 2.75) is 6.92 Å². The van der Waals surface area contributed by atoms with E-state index in [0.29, 0.717) is 17.1 Å². The van der Waals surface area contributed by atoms with Crippen molar-refractivity contribution in [3.05, 3.63) is 29.8 Å². The molecule has 2 aromatic rings. The van der Waals surface area contributed by atoms with Crippen molar-refractivity contribution < 1.29 is 9.90 Å². The Bertz CT molecular complexity index is 506. The van der Waals surface area contributed by atoms with Gasteiger partial charge in [-0.3, -0.25) is 15.1 Å². The Balaban J connectivity index is 2.46. The van der Waals surface area contributed by atoms with Crippen LogP contribution < -0.4 is 0 Å². The normalized spacial score (nSPS) is 10.2. The van der Waals surface area contributed by atoms with Gasteiger partial charge >= 0.3 is 5.97 Å². The Morgan fingerprint density at radius 1 is 1.40 bits per heavy atom. The van der Waals surface area contributed by atoms with Gasteiger partial charge in [0.1, 0.15) is 17.1 Å². The highest BCUT2D eigenvalue weighted by molar-refractivity contribution is 5.86. The van der Waals surface area contributed by atoms with Gasteiger partial charge in [-0.05, 0) is 6.92 Å². The second-order valence-corrected chi connectivity index (χ2v) is 2.96. The molecule has 76 valence electrons. The third-order valence-electron chi connectivity index (χ3n) is 1.93. The Morgan fingerprint density at radius 3 is 2.73 bits per heavy atom. The maximum absolute atomic E-state index is 10.6. The molecule has 15 heavy (non-hydrogen) atoms. The molecule has 0 spiro atoms. The molecule has 2 aromatic heterocycles. The highest BCUT2D eigenvalue weighted by Crippen LogP contribution is 2.16. The van der Waals surface area contributed by atoms with Crippen molar-refractivity contribution in [1.82, 2.24) is 20.2 Å². The molecule has 0 aliphatic carbocycles. The van der Waals surface area contributed by atoms with Crippen molar-refractivity contribution in [3.8, 4) is 11.4 Å². The number of hydrogen-bond acceptors (Lipinski definition) is 4. The van der Waals surface area contributed by atoms with E-state index in [-0.39, 0.29) is 5.69 Å². The lowest BCUT2D eigenvalue weighted by Gasteiger charge is -1.97. The summed E-state index contributed by atoms with van der Waals surface area (Å²) in [6.07, 6.45) is 3.11. The highest BCUT2D eigenvalue weighted by atomic mass is 16.4. The molecular weight excluding hydrogens is 196 g/mol. The number of carboxylic acids is 1. The standard InChI is InChI=1S/C9H8N4O2/c1-5-8(11-3-2-10-5)6-4-7(9(14)15)13-12-6/h2-4H,1H3,(H,12,13)(H,14,15). The minimum atomic E-state index is -1.05. The zero-order valence-corrected chi connectivity index (χ0v) is 7.93. The summed E-state index contributed by atoms with van der Waals surface area (Å²) in [6.45, 7) is 1.79. The number of aromatic nitrogens is 4. The maximum atomic E-state index is 10.6. The van der Waals surface area contributed by atoms with Gasteiger partial charge in [-0.25, -0.2) is 4.79 Å². The monoisotopic (exact) mass is 204 g/mol. The van der Waals surface area contributed by atoms with Gasteiger partial charge in [0.15, 0.2) is 0 Å². The van der Waals surface area contributed by atoms with Gasteiger partial charge in [-0.2, -0.15) is 5.10 Å². The average molecular weight is 204 g/mol. The minimum Gasteiger partial charge on any atom is -0.477 e. The molecule has 0 radical (unpaired) electrons. The largest absolute Gasteiger partial charge is 0.477 e. The Morgan fingerprint density at radius 2 is 2.13 bits per heavy atom. The van der Waals surface area contributed by atoms with E-state index >= 15 is 0 Å². The van der Waals surface area contributed by atoms with Crippen molar-refractivity contribution >= 4 is 5.97 Å². The molecule has 0 aliphatic heterocycles. The van der Waals surface area contributed by atoms with Crippen LogP contribution in [0.25, 0.3) is 11.4 Å². The Labute approximate surface area is 85.0 Å². The molecule has 0 atom stereocenters. The van der Waals surface area contributed by atoms with Crippen LogP contribution in [0.5, 0.6) is 0 Å². The number of nitrogens with zero attached hydrogens (tertiary/aromatic N) is 3. The van der Waals surface area contributed by atoms with E-state index in [2.05, 4.69) is 20.2 Å². The average Bonchev–Trinajstić information content (AvgIpc) is 2.67. The van der Waals surface area contributed by atoms with E-state index in [1.54, 1.807) is 13.1 Å². The second-order valence-electron chi connectivity index (χ2n) is 2.96. The summed E-state index contributed by atoms with van der Waals surface area (Å²) in [5, 5.41) is 15.0. The van der Waals surface area contributed by atoms with Crippen LogP contribution in [-0.4, -0.2) is 31.2 Å². The summed E-state index contributed by atoms with van der Waals surface area (Å²) in [5.74, 6) is -1.05. The van der Waals surface area contributed by atoms with Crippen LogP contribution in [0.1, 0.15) is 16.2 Å². The first-order valence-corrected chi connectivity index (χ1v) is 4.25. The lowest BCUT2D eigenvalue weighted by molar-refractivity contribution is 0.0690. The second kappa shape index (κ2) is 3.49. The van der Waals surface area contributed by atoms with Gasteiger partial charge in [0.05, 0.1) is 5.69 Å². The van der Waals surface area contributed by atoms with E-state index in [0.717, 1.165) is 0 Å². The van der Waals surface area contributed by atoms with Crippen LogP contribution in [0.15, 0.2) is 18.5 Å². The molecule has 2 N–H and O–H groups in total. The van der Waals surface area contributed by atoms with Crippen LogP contribution >= 0.6 is 0 Å². The quantitative estimate of drug-likeness (QED) is 0.757. The number of aromatic amines is 1. The first-order chi connectivity index (χ1) is 7.18. The van der Waals surface area contributed by atoms with Gasteiger partial charge in [-0.1, -0.05) is 0 Å². The number of nitrogens with one attached hydrogen (secondary N) is 1. The van der Waals surface area contributed by atoms with E-state index < -0.39 is 5.97 Å². The Kier molecular flexibility index (Phi) is 2.17. The first-order valence-electron chi connectivity index (χ1n) is 4.25. The fraction of sp³-hybridized carbons (Fsp3) is 0.111.